The lowest BCUT2D eigenvalue weighted by molar-refractivity contribution is -0.137. The van der Waals surface area contributed by atoms with Crippen LogP contribution in [0.15, 0.2) is 24.3 Å². The summed E-state index contributed by atoms with van der Waals surface area (Å²) < 4.78 is 5.55. The SMILES string of the molecule is Cc1cccc(OCC(=O)N2CCCC(C(=O)NCCN)C2)c1.Cl. The molecule has 0 aromatic heterocycles. The molecule has 1 aromatic carbocycles. The highest BCUT2D eigenvalue weighted by molar-refractivity contribution is 5.85. The Hall–Kier alpha value is -1.79. The van der Waals surface area contributed by atoms with E-state index in [-0.39, 0.29) is 36.7 Å². The molecule has 134 valence electrons. The third kappa shape index (κ3) is 6.02. The van der Waals surface area contributed by atoms with E-state index in [0.717, 1.165) is 18.4 Å². The topological polar surface area (TPSA) is 84.7 Å². The lowest BCUT2D eigenvalue weighted by atomic mass is 9.97. The van der Waals surface area contributed by atoms with Gasteiger partial charge in [0.2, 0.25) is 5.91 Å². The van der Waals surface area contributed by atoms with Crippen LogP contribution in [-0.2, 0) is 9.59 Å². The van der Waals surface area contributed by atoms with Gasteiger partial charge in [0.05, 0.1) is 5.92 Å². The van der Waals surface area contributed by atoms with E-state index in [1.54, 1.807) is 4.90 Å². The summed E-state index contributed by atoms with van der Waals surface area (Å²) in [6.07, 6.45) is 1.63. The van der Waals surface area contributed by atoms with Crippen molar-refractivity contribution in [3.05, 3.63) is 29.8 Å². The first-order chi connectivity index (χ1) is 11.1. The maximum Gasteiger partial charge on any atom is 0.260 e. The molecule has 0 radical (unpaired) electrons. The standard InChI is InChI=1S/C17H25N3O3.ClH/c1-13-4-2-6-15(10-13)23-12-16(21)20-9-3-5-14(11-20)17(22)19-8-7-18;/h2,4,6,10,14H,3,5,7-9,11-12,18H2,1H3,(H,19,22);1H. The van der Waals surface area contributed by atoms with E-state index in [1.807, 2.05) is 31.2 Å². The molecule has 2 amide bonds. The number of aryl methyl sites for hydroxylation is 1. The number of carbonyl (C=O) groups is 2. The molecule has 1 aromatic rings. The van der Waals surface area contributed by atoms with Crippen LogP contribution in [0.1, 0.15) is 18.4 Å². The van der Waals surface area contributed by atoms with Crippen LogP contribution < -0.4 is 15.8 Å². The maximum absolute atomic E-state index is 12.3. The summed E-state index contributed by atoms with van der Waals surface area (Å²) >= 11 is 0. The van der Waals surface area contributed by atoms with Gasteiger partial charge in [0.15, 0.2) is 6.61 Å². The van der Waals surface area contributed by atoms with E-state index >= 15 is 0 Å². The molecule has 24 heavy (non-hydrogen) atoms. The molecule has 0 aliphatic carbocycles. The average molecular weight is 356 g/mol. The summed E-state index contributed by atoms with van der Waals surface area (Å²) in [5.41, 5.74) is 6.48. The number of nitrogens with one attached hydrogen (secondary N) is 1. The van der Waals surface area contributed by atoms with Gasteiger partial charge >= 0.3 is 0 Å². The van der Waals surface area contributed by atoms with E-state index in [2.05, 4.69) is 5.32 Å². The molecule has 1 aliphatic heterocycles. The lowest BCUT2D eigenvalue weighted by Gasteiger charge is -2.32. The van der Waals surface area contributed by atoms with Crippen LogP contribution in [0.3, 0.4) is 0 Å². The highest BCUT2D eigenvalue weighted by Gasteiger charge is 2.28. The van der Waals surface area contributed by atoms with Crippen molar-refractivity contribution in [3.63, 3.8) is 0 Å². The van der Waals surface area contributed by atoms with Crippen LogP contribution in [0.2, 0.25) is 0 Å². The second-order valence-electron chi connectivity index (χ2n) is 5.86. The molecule has 1 unspecified atom stereocenters. The van der Waals surface area contributed by atoms with Crippen LogP contribution in [0.25, 0.3) is 0 Å². The first-order valence-corrected chi connectivity index (χ1v) is 8.05. The Balaban J connectivity index is 0.00000288. The fraction of sp³-hybridized carbons (Fsp3) is 0.529. The number of hydrogen-bond acceptors (Lipinski definition) is 4. The molecule has 1 heterocycles. The smallest absolute Gasteiger partial charge is 0.260 e. The molecule has 0 spiro atoms. The molecule has 1 aliphatic rings. The number of halogens is 1. The van der Waals surface area contributed by atoms with Crippen LogP contribution in [0, 0.1) is 12.8 Å². The fourth-order valence-corrected chi connectivity index (χ4v) is 2.70. The number of nitrogens with two attached hydrogens (primary N) is 1. The van der Waals surface area contributed by atoms with Crippen molar-refractivity contribution in [1.82, 2.24) is 10.2 Å². The molecule has 6 nitrogen and oxygen atoms in total. The zero-order valence-corrected chi connectivity index (χ0v) is 14.8. The third-order valence-electron chi connectivity index (χ3n) is 3.94. The Morgan fingerprint density at radius 3 is 2.92 bits per heavy atom. The quantitative estimate of drug-likeness (QED) is 0.800. The van der Waals surface area contributed by atoms with Crippen molar-refractivity contribution in [2.24, 2.45) is 11.7 Å². The van der Waals surface area contributed by atoms with Crippen molar-refractivity contribution in [2.75, 3.05) is 32.8 Å². The molecule has 0 bridgehead atoms. The van der Waals surface area contributed by atoms with E-state index < -0.39 is 0 Å². The number of ether oxygens (including phenoxy) is 1. The zero-order valence-electron chi connectivity index (χ0n) is 14.0. The van der Waals surface area contributed by atoms with Crippen molar-refractivity contribution < 1.29 is 14.3 Å². The predicted molar refractivity (Wildman–Crippen MR) is 95.3 cm³/mol. The molecule has 7 heteroatoms. The number of amides is 2. The normalized spacial score (nSPS) is 16.9. The maximum atomic E-state index is 12.3. The number of piperidine rings is 1. The van der Waals surface area contributed by atoms with Gasteiger partial charge in [0, 0.05) is 26.2 Å². The Kier molecular flexibility index (Phi) is 8.57. The molecule has 2 rings (SSSR count). The molecule has 3 N–H and O–H groups in total. The minimum Gasteiger partial charge on any atom is -0.484 e. The Morgan fingerprint density at radius 2 is 2.21 bits per heavy atom. The van der Waals surface area contributed by atoms with Gasteiger partial charge in [-0.25, -0.2) is 0 Å². The number of benzene rings is 1. The molecule has 1 atom stereocenters. The van der Waals surface area contributed by atoms with E-state index in [4.69, 9.17) is 10.5 Å². The molecule has 1 saturated heterocycles. The van der Waals surface area contributed by atoms with Crippen molar-refractivity contribution in [1.29, 1.82) is 0 Å². The lowest BCUT2D eigenvalue weighted by Crippen LogP contribution is -2.47. The van der Waals surface area contributed by atoms with Crippen LogP contribution in [-0.4, -0.2) is 49.5 Å². The van der Waals surface area contributed by atoms with Gasteiger partial charge in [-0.1, -0.05) is 12.1 Å². The molecular weight excluding hydrogens is 330 g/mol. The number of likely N-dealkylation sites (tertiary alicyclic amines) is 1. The van der Waals surface area contributed by atoms with Gasteiger partial charge < -0.3 is 20.7 Å². The zero-order chi connectivity index (χ0) is 16.7. The first kappa shape index (κ1) is 20.3. The molecule has 0 saturated carbocycles. The second-order valence-corrected chi connectivity index (χ2v) is 5.86. The van der Waals surface area contributed by atoms with Gasteiger partial charge in [0.1, 0.15) is 5.75 Å². The first-order valence-electron chi connectivity index (χ1n) is 8.05. The Morgan fingerprint density at radius 1 is 1.42 bits per heavy atom. The van der Waals surface area contributed by atoms with Gasteiger partial charge in [-0.3, -0.25) is 9.59 Å². The van der Waals surface area contributed by atoms with Crippen molar-refractivity contribution in [2.45, 2.75) is 19.8 Å². The van der Waals surface area contributed by atoms with Gasteiger partial charge in [-0.2, -0.15) is 0 Å². The highest BCUT2D eigenvalue weighted by Crippen LogP contribution is 2.17. The molecular formula is C17H26ClN3O3. The summed E-state index contributed by atoms with van der Waals surface area (Å²) in [5.74, 6) is 0.432. The Bertz CT molecular complexity index is 554. The van der Waals surface area contributed by atoms with Gasteiger partial charge in [-0.15, -0.1) is 12.4 Å². The Labute approximate surface area is 149 Å². The number of nitrogens with zero attached hydrogens (tertiary/aromatic N) is 1. The number of carbonyl (C=O) groups excluding carboxylic acids is 2. The summed E-state index contributed by atoms with van der Waals surface area (Å²) in [4.78, 5) is 26.0. The number of rotatable bonds is 6. The number of hydrogen-bond donors (Lipinski definition) is 2. The highest BCUT2D eigenvalue weighted by atomic mass is 35.5. The minimum absolute atomic E-state index is 0. The van der Waals surface area contributed by atoms with Gasteiger partial charge in [0.25, 0.3) is 5.91 Å². The summed E-state index contributed by atoms with van der Waals surface area (Å²) in [6, 6.07) is 7.60. The van der Waals surface area contributed by atoms with Crippen molar-refractivity contribution in [3.8, 4) is 5.75 Å². The van der Waals surface area contributed by atoms with E-state index in [9.17, 15) is 9.59 Å². The summed E-state index contributed by atoms with van der Waals surface area (Å²) in [6.45, 7) is 4.00. The third-order valence-corrected chi connectivity index (χ3v) is 3.94. The van der Waals surface area contributed by atoms with Crippen molar-refractivity contribution >= 4 is 24.2 Å². The van der Waals surface area contributed by atoms with Gasteiger partial charge in [-0.05, 0) is 37.5 Å². The minimum atomic E-state index is -0.154. The largest absolute Gasteiger partial charge is 0.484 e. The second kappa shape index (κ2) is 10.2. The van der Waals surface area contributed by atoms with E-state index in [0.29, 0.717) is 31.9 Å². The summed E-state index contributed by atoms with van der Waals surface area (Å²) in [7, 11) is 0. The fourth-order valence-electron chi connectivity index (χ4n) is 2.70. The van der Waals surface area contributed by atoms with E-state index in [1.165, 1.54) is 0 Å². The van der Waals surface area contributed by atoms with Crippen LogP contribution in [0.5, 0.6) is 5.75 Å². The molecule has 1 fully saturated rings. The summed E-state index contributed by atoms with van der Waals surface area (Å²) in [5, 5.41) is 2.79. The predicted octanol–water partition coefficient (Wildman–Crippen LogP) is 1.11. The average Bonchev–Trinajstić information content (AvgIpc) is 2.57. The monoisotopic (exact) mass is 355 g/mol. The van der Waals surface area contributed by atoms with Crippen LogP contribution >= 0.6 is 12.4 Å². The van der Waals surface area contributed by atoms with Crippen LogP contribution in [0.4, 0.5) is 0 Å².